The first-order chi connectivity index (χ1) is 8.77. The van der Waals surface area contributed by atoms with Crippen LogP contribution in [-0.2, 0) is 0 Å². The van der Waals surface area contributed by atoms with E-state index < -0.39 is 0 Å². The van der Waals surface area contributed by atoms with Crippen LogP contribution in [0.2, 0.25) is 0 Å². The summed E-state index contributed by atoms with van der Waals surface area (Å²) in [5.41, 5.74) is 0. The average molecular weight is 248 g/mol. The van der Waals surface area contributed by atoms with Gasteiger partial charge in [-0.3, -0.25) is 0 Å². The highest BCUT2D eigenvalue weighted by atomic mass is 15.3. The minimum Gasteiger partial charge on any atom is -0.351 e. The Labute approximate surface area is 110 Å². The normalized spacial score (nSPS) is 20.4. The highest BCUT2D eigenvalue weighted by Crippen LogP contribution is 2.21. The molecule has 4 heteroatoms. The summed E-state index contributed by atoms with van der Waals surface area (Å²) in [5, 5.41) is 11.8. The fourth-order valence-electron chi connectivity index (χ4n) is 2.50. The van der Waals surface area contributed by atoms with Crippen LogP contribution in [0.3, 0.4) is 0 Å². The van der Waals surface area contributed by atoms with Crippen LogP contribution in [0.15, 0.2) is 18.3 Å². The van der Waals surface area contributed by atoms with Crippen molar-refractivity contribution in [2.45, 2.75) is 39.2 Å². The maximum Gasteiger partial charge on any atom is 0.151 e. The summed E-state index contributed by atoms with van der Waals surface area (Å²) in [4.78, 5) is 2.41. The van der Waals surface area contributed by atoms with Crippen molar-refractivity contribution in [3.8, 4) is 0 Å². The minimum absolute atomic E-state index is 0.564. The molecule has 2 heterocycles. The highest BCUT2D eigenvalue weighted by Gasteiger charge is 2.23. The van der Waals surface area contributed by atoms with E-state index in [0.29, 0.717) is 12.0 Å². The number of aromatic nitrogens is 2. The van der Waals surface area contributed by atoms with Crippen molar-refractivity contribution in [2.24, 2.45) is 5.92 Å². The van der Waals surface area contributed by atoms with Gasteiger partial charge in [-0.25, -0.2) is 0 Å². The summed E-state index contributed by atoms with van der Waals surface area (Å²) in [5.74, 6) is 1.73. The number of rotatable bonds is 5. The van der Waals surface area contributed by atoms with Crippen LogP contribution in [0.25, 0.3) is 0 Å². The molecule has 0 spiro atoms. The molecule has 4 nitrogen and oxygen atoms in total. The molecule has 1 unspecified atom stereocenters. The predicted molar refractivity (Wildman–Crippen MR) is 74.7 cm³/mol. The van der Waals surface area contributed by atoms with Gasteiger partial charge in [-0.2, -0.15) is 5.10 Å². The lowest BCUT2D eigenvalue weighted by atomic mass is 10.0. The molecule has 1 aromatic rings. The summed E-state index contributed by atoms with van der Waals surface area (Å²) < 4.78 is 0. The first kappa shape index (κ1) is 13.3. The number of nitrogens with one attached hydrogen (secondary N) is 1. The van der Waals surface area contributed by atoms with Crippen molar-refractivity contribution in [1.82, 2.24) is 15.5 Å². The van der Waals surface area contributed by atoms with E-state index in [9.17, 15) is 0 Å². The molecule has 100 valence electrons. The van der Waals surface area contributed by atoms with E-state index in [1.54, 1.807) is 6.20 Å². The molecule has 0 bridgehead atoms. The van der Waals surface area contributed by atoms with Crippen molar-refractivity contribution in [3.05, 3.63) is 18.3 Å². The fraction of sp³-hybridized carbons (Fsp3) is 0.714. The van der Waals surface area contributed by atoms with Gasteiger partial charge in [0.2, 0.25) is 0 Å². The standard InChI is InChI=1S/C14H24N4/c1-12(2)10-15-11-13-6-3-4-9-18(13)14-7-5-8-16-17-14/h5,7-8,12-13,15H,3-4,6,9-11H2,1-2H3. The summed E-state index contributed by atoms with van der Waals surface area (Å²) in [6, 6.07) is 4.60. The number of anilines is 1. The second-order valence-electron chi connectivity index (χ2n) is 5.48. The van der Waals surface area contributed by atoms with E-state index in [1.807, 2.05) is 6.07 Å². The highest BCUT2D eigenvalue weighted by molar-refractivity contribution is 5.38. The van der Waals surface area contributed by atoms with Gasteiger partial charge in [-0.05, 0) is 43.9 Å². The second-order valence-corrected chi connectivity index (χ2v) is 5.48. The minimum atomic E-state index is 0.564. The molecular weight excluding hydrogens is 224 g/mol. The fourth-order valence-corrected chi connectivity index (χ4v) is 2.50. The summed E-state index contributed by atoms with van der Waals surface area (Å²) in [6.45, 7) is 7.73. The molecule has 1 N–H and O–H groups in total. The molecule has 1 saturated heterocycles. The molecule has 0 saturated carbocycles. The van der Waals surface area contributed by atoms with E-state index in [1.165, 1.54) is 19.3 Å². The van der Waals surface area contributed by atoms with Gasteiger partial charge in [0.1, 0.15) is 0 Å². The molecule has 0 radical (unpaired) electrons. The Kier molecular flexibility index (Phi) is 4.93. The van der Waals surface area contributed by atoms with Crippen LogP contribution in [0, 0.1) is 5.92 Å². The molecule has 0 amide bonds. The van der Waals surface area contributed by atoms with Crippen molar-refractivity contribution >= 4 is 5.82 Å². The summed E-state index contributed by atoms with van der Waals surface area (Å²) in [6.07, 6.45) is 5.57. The third-order valence-electron chi connectivity index (χ3n) is 3.41. The molecule has 1 aliphatic rings. The van der Waals surface area contributed by atoms with Crippen molar-refractivity contribution in [2.75, 3.05) is 24.5 Å². The first-order valence-corrected chi connectivity index (χ1v) is 7.02. The molecule has 0 aromatic carbocycles. The molecular formula is C14H24N4. The lowest BCUT2D eigenvalue weighted by molar-refractivity contribution is 0.420. The molecule has 0 aliphatic carbocycles. The molecule has 18 heavy (non-hydrogen) atoms. The van der Waals surface area contributed by atoms with Gasteiger partial charge in [-0.15, -0.1) is 5.10 Å². The molecule has 2 rings (SSSR count). The van der Waals surface area contributed by atoms with E-state index >= 15 is 0 Å². The van der Waals surface area contributed by atoms with Crippen LogP contribution in [0.1, 0.15) is 33.1 Å². The zero-order chi connectivity index (χ0) is 12.8. The Balaban J connectivity index is 1.94. The lowest BCUT2D eigenvalue weighted by Gasteiger charge is -2.36. The van der Waals surface area contributed by atoms with Gasteiger partial charge in [-0.1, -0.05) is 13.8 Å². The summed E-state index contributed by atoms with van der Waals surface area (Å²) >= 11 is 0. The van der Waals surface area contributed by atoms with E-state index in [4.69, 9.17) is 0 Å². The van der Waals surface area contributed by atoms with Gasteiger partial charge in [0, 0.05) is 25.3 Å². The molecule has 1 aliphatic heterocycles. The average Bonchev–Trinajstić information content (AvgIpc) is 2.40. The van der Waals surface area contributed by atoms with E-state index in [0.717, 1.165) is 25.5 Å². The smallest absolute Gasteiger partial charge is 0.151 e. The van der Waals surface area contributed by atoms with Crippen LogP contribution < -0.4 is 10.2 Å². The van der Waals surface area contributed by atoms with Crippen LogP contribution in [-0.4, -0.2) is 35.9 Å². The Hall–Kier alpha value is -1.16. The van der Waals surface area contributed by atoms with Gasteiger partial charge in [0.05, 0.1) is 0 Å². The monoisotopic (exact) mass is 248 g/mol. The van der Waals surface area contributed by atoms with Gasteiger partial charge in [0.25, 0.3) is 0 Å². The van der Waals surface area contributed by atoms with E-state index in [-0.39, 0.29) is 0 Å². The second kappa shape index (κ2) is 6.69. The third-order valence-corrected chi connectivity index (χ3v) is 3.41. The van der Waals surface area contributed by atoms with Gasteiger partial charge < -0.3 is 10.2 Å². The molecule has 1 aromatic heterocycles. The third kappa shape index (κ3) is 3.67. The van der Waals surface area contributed by atoms with Gasteiger partial charge in [0.15, 0.2) is 5.82 Å². The van der Waals surface area contributed by atoms with Crippen LogP contribution >= 0.6 is 0 Å². The Morgan fingerprint density at radius 2 is 2.33 bits per heavy atom. The van der Waals surface area contributed by atoms with E-state index in [2.05, 4.69) is 40.3 Å². The lowest BCUT2D eigenvalue weighted by Crippen LogP contribution is -2.46. The zero-order valence-electron chi connectivity index (χ0n) is 11.5. The Morgan fingerprint density at radius 1 is 1.44 bits per heavy atom. The van der Waals surface area contributed by atoms with Crippen LogP contribution in [0.5, 0.6) is 0 Å². The predicted octanol–water partition coefficient (Wildman–Crippen LogP) is 2.08. The van der Waals surface area contributed by atoms with Crippen molar-refractivity contribution < 1.29 is 0 Å². The SMILES string of the molecule is CC(C)CNCC1CCCCN1c1cccnn1. The maximum absolute atomic E-state index is 4.24. The molecule has 1 fully saturated rings. The largest absolute Gasteiger partial charge is 0.351 e. The summed E-state index contributed by atoms with van der Waals surface area (Å²) in [7, 11) is 0. The quantitative estimate of drug-likeness (QED) is 0.866. The Morgan fingerprint density at radius 3 is 3.06 bits per heavy atom. The molecule has 1 atom stereocenters. The topological polar surface area (TPSA) is 41.0 Å². The van der Waals surface area contributed by atoms with Crippen molar-refractivity contribution in [1.29, 1.82) is 0 Å². The number of hydrogen-bond donors (Lipinski definition) is 1. The Bertz CT molecular complexity index is 339. The van der Waals surface area contributed by atoms with Crippen LogP contribution in [0.4, 0.5) is 5.82 Å². The van der Waals surface area contributed by atoms with Gasteiger partial charge >= 0.3 is 0 Å². The zero-order valence-corrected chi connectivity index (χ0v) is 11.5. The number of piperidine rings is 1. The maximum atomic E-state index is 4.24. The number of nitrogens with zero attached hydrogens (tertiary/aromatic N) is 3. The number of hydrogen-bond acceptors (Lipinski definition) is 4. The van der Waals surface area contributed by atoms with Crippen molar-refractivity contribution in [3.63, 3.8) is 0 Å². The first-order valence-electron chi connectivity index (χ1n) is 7.02.